The molecule has 4 nitrogen and oxygen atoms in total. The number of hydrogen-bond donors (Lipinski definition) is 1. The number of rotatable bonds is 3. The van der Waals surface area contributed by atoms with E-state index in [4.69, 9.17) is 5.73 Å². The summed E-state index contributed by atoms with van der Waals surface area (Å²) < 4.78 is 0. The summed E-state index contributed by atoms with van der Waals surface area (Å²) in [5, 5.41) is 0. The quantitative estimate of drug-likeness (QED) is 0.729. The lowest BCUT2D eigenvalue weighted by molar-refractivity contribution is -0.153. The summed E-state index contributed by atoms with van der Waals surface area (Å²) in [5.41, 5.74) is 5.42. The lowest BCUT2D eigenvalue weighted by Gasteiger charge is -2.37. The SMILES string of the molecule is NCCCN1C(=O)CC2(CCCC2)CC1=O. The summed E-state index contributed by atoms with van der Waals surface area (Å²) in [6, 6.07) is 0. The molecule has 0 bridgehead atoms. The molecule has 2 fully saturated rings. The van der Waals surface area contributed by atoms with Crippen molar-refractivity contribution in [3.8, 4) is 0 Å². The van der Waals surface area contributed by atoms with Crippen molar-refractivity contribution in [1.29, 1.82) is 0 Å². The molecule has 90 valence electrons. The molecule has 1 saturated carbocycles. The van der Waals surface area contributed by atoms with Crippen LogP contribution in [0.1, 0.15) is 44.9 Å². The molecule has 0 radical (unpaired) electrons. The third-order valence-corrected chi connectivity index (χ3v) is 3.90. The van der Waals surface area contributed by atoms with Crippen molar-refractivity contribution >= 4 is 11.8 Å². The Labute approximate surface area is 96.2 Å². The molecule has 16 heavy (non-hydrogen) atoms. The molecule has 1 saturated heterocycles. The van der Waals surface area contributed by atoms with Crippen LogP contribution in [-0.2, 0) is 9.59 Å². The standard InChI is InChI=1S/C12H20N2O2/c13-6-3-7-14-10(15)8-12(9-11(14)16)4-1-2-5-12/h1-9,13H2. The maximum absolute atomic E-state index is 11.9. The van der Waals surface area contributed by atoms with Crippen molar-refractivity contribution in [3.05, 3.63) is 0 Å². The van der Waals surface area contributed by atoms with Gasteiger partial charge in [-0.3, -0.25) is 14.5 Å². The minimum Gasteiger partial charge on any atom is -0.330 e. The molecule has 1 aliphatic heterocycles. The Bertz CT molecular complexity index is 275. The third kappa shape index (κ3) is 2.12. The van der Waals surface area contributed by atoms with Crippen molar-refractivity contribution in [3.63, 3.8) is 0 Å². The van der Waals surface area contributed by atoms with Gasteiger partial charge in [0.1, 0.15) is 0 Å². The molecule has 1 aliphatic carbocycles. The van der Waals surface area contributed by atoms with Crippen LogP contribution < -0.4 is 5.73 Å². The first-order valence-electron chi connectivity index (χ1n) is 6.20. The smallest absolute Gasteiger partial charge is 0.229 e. The second kappa shape index (κ2) is 4.53. The average molecular weight is 224 g/mol. The average Bonchev–Trinajstić information content (AvgIpc) is 2.65. The molecule has 0 aromatic carbocycles. The van der Waals surface area contributed by atoms with E-state index in [1.165, 1.54) is 17.7 Å². The lowest BCUT2D eigenvalue weighted by Crippen LogP contribution is -2.47. The Balaban J connectivity index is 2.01. The van der Waals surface area contributed by atoms with Gasteiger partial charge in [0.15, 0.2) is 0 Å². The molecule has 0 aromatic heterocycles. The molecule has 2 aliphatic rings. The predicted molar refractivity (Wildman–Crippen MR) is 60.5 cm³/mol. The van der Waals surface area contributed by atoms with Gasteiger partial charge in [-0.05, 0) is 31.2 Å². The topological polar surface area (TPSA) is 63.4 Å². The maximum Gasteiger partial charge on any atom is 0.229 e. The zero-order valence-corrected chi connectivity index (χ0v) is 9.71. The molecule has 2 rings (SSSR count). The van der Waals surface area contributed by atoms with Crippen molar-refractivity contribution in [1.82, 2.24) is 4.90 Å². The Morgan fingerprint density at radius 3 is 2.19 bits per heavy atom. The summed E-state index contributed by atoms with van der Waals surface area (Å²) in [5.74, 6) is 0.0400. The van der Waals surface area contributed by atoms with Gasteiger partial charge in [0.25, 0.3) is 0 Å². The lowest BCUT2D eigenvalue weighted by atomic mass is 9.76. The molecule has 2 amide bonds. The fraction of sp³-hybridized carbons (Fsp3) is 0.833. The summed E-state index contributed by atoms with van der Waals surface area (Å²) in [4.78, 5) is 25.3. The van der Waals surface area contributed by atoms with Gasteiger partial charge in [0.2, 0.25) is 11.8 Å². The van der Waals surface area contributed by atoms with E-state index in [-0.39, 0.29) is 17.2 Å². The van der Waals surface area contributed by atoms with E-state index in [0.717, 1.165) is 12.8 Å². The van der Waals surface area contributed by atoms with Crippen molar-refractivity contribution in [2.45, 2.75) is 44.9 Å². The number of carbonyl (C=O) groups excluding carboxylic acids is 2. The van der Waals surface area contributed by atoms with Crippen LogP contribution in [-0.4, -0.2) is 29.8 Å². The van der Waals surface area contributed by atoms with Crippen molar-refractivity contribution < 1.29 is 9.59 Å². The molecule has 1 spiro atoms. The molecule has 0 unspecified atom stereocenters. The van der Waals surface area contributed by atoms with Crippen LogP contribution in [0.3, 0.4) is 0 Å². The van der Waals surface area contributed by atoms with Gasteiger partial charge in [0.05, 0.1) is 0 Å². The molecule has 1 heterocycles. The van der Waals surface area contributed by atoms with E-state index < -0.39 is 0 Å². The van der Waals surface area contributed by atoms with Gasteiger partial charge >= 0.3 is 0 Å². The third-order valence-electron chi connectivity index (χ3n) is 3.90. The molecule has 0 aromatic rings. The number of imide groups is 1. The highest BCUT2D eigenvalue weighted by atomic mass is 16.2. The van der Waals surface area contributed by atoms with Gasteiger partial charge in [-0.1, -0.05) is 12.8 Å². The number of amides is 2. The van der Waals surface area contributed by atoms with Crippen molar-refractivity contribution in [2.75, 3.05) is 13.1 Å². The van der Waals surface area contributed by atoms with Gasteiger partial charge in [0, 0.05) is 19.4 Å². The zero-order valence-electron chi connectivity index (χ0n) is 9.71. The van der Waals surface area contributed by atoms with E-state index in [2.05, 4.69) is 0 Å². The fourth-order valence-electron chi connectivity index (χ4n) is 3.01. The number of nitrogens with two attached hydrogens (primary N) is 1. The number of likely N-dealkylation sites (tertiary alicyclic amines) is 1. The minimum atomic E-state index is 0.0200. The molecular weight excluding hydrogens is 204 g/mol. The first-order valence-corrected chi connectivity index (χ1v) is 6.20. The van der Waals surface area contributed by atoms with Crippen LogP contribution in [0.5, 0.6) is 0 Å². The number of hydrogen-bond acceptors (Lipinski definition) is 3. The normalized spacial score (nSPS) is 24.4. The zero-order chi connectivity index (χ0) is 11.6. The van der Waals surface area contributed by atoms with Crippen LogP contribution in [0.2, 0.25) is 0 Å². The van der Waals surface area contributed by atoms with E-state index in [9.17, 15) is 9.59 Å². The molecule has 4 heteroatoms. The largest absolute Gasteiger partial charge is 0.330 e. The Kier molecular flexibility index (Phi) is 3.28. The highest BCUT2D eigenvalue weighted by Crippen LogP contribution is 2.46. The molecular formula is C12H20N2O2. The predicted octanol–water partition coefficient (Wildman–Crippen LogP) is 1.04. The van der Waals surface area contributed by atoms with Crippen LogP contribution >= 0.6 is 0 Å². The first kappa shape index (κ1) is 11.6. The maximum atomic E-state index is 11.9. The number of piperidine rings is 1. The van der Waals surface area contributed by atoms with Crippen LogP contribution in [0, 0.1) is 5.41 Å². The van der Waals surface area contributed by atoms with Crippen LogP contribution in [0.4, 0.5) is 0 Å². The fourth-order valence-corrected chi connectivity index (χ4v) is 3.01. The van der Waals surface area contributed by atoms with E-state index in [1.807, 2.05) is 0 Å². The second-order valence-corrected chi connectivity index (χ2v) is 5.14. The highest BCUT2D eigenvalue weighted by Gasteiger charge is 2.44. The second-order valence-electron chi connectivity index (χ2n) is 5.14. The van der Waals surface area contributed by atoms with E-state index >= 15 is 0 Å². The Morgan fingerprint density at radius 1 is 1.12 bits per heavy atom. The van der Waals surface area contributed by atoms with Gasteiger partial charge in [-0.25, -0.2) is 0 Å². The van der Waals surface area contributed by atoms with Gasteiger partial charge < -0.3 is 5.73 Å². The van der Waals surface area contributed by atoms with E-state index in [1.54, 1.807) is 0 Å². The number of nitrogens with zero attached hydrogens (tertiary/aromatic N) is 1. The van der Waals surface area contributed by atoms with Gasteiger partial charge in [-0.15, -0.1) is 0 Å². The first-order chi connectivity index (χ1) is 7.67. The van der Waals surface area contributed by atoms with E-state index in [0.29, 0.717) is 32.4 Å². The molecule has 2 N–H and O–H groups in total. The summed E-state index contributed by atoms with van der Waals surface area (Å²) in [6.45, 7) is 1.03. The Hall–Kier alpha value is -0.900. The summed E-state index contributed by atoms with van der Waals surface area (Å²) in [7, 11) is 0. The van der Waals surface area contributed by atoms with Crippen LogP contribution in [0.15, 0.2) is 0 Å². The highest BCUT2D eigenvalue weighted by molar-refractivity contribution is 5.98. The van der Waals surface area contributed by atoms with Crippen LogP contribution in [0.25, 0.3) is 0 Å². The minimum absolute atomic E-state index is 0.0200. The molecule has 0 atom stereocenters. The van der Waals surface area contributed by atoms with Gasteiger partial charge in [-0.2, -0.15) is 0 Å². The Morgan fingerprint density at radius 2 is 1.69 bits per heavy atom. The summed E-state index contributed by atoms with van der Waals surface area (Å²) >= 11 is 0. The summed E-state index contributed by atoms with van der Waals surface area (Å²) in [6.07, 6.45) is 6.30. The van der Waals surface area contributed by atoms with Crippen molar-refractivity contribution in [2.24, 2.45) is 11.1 Å². The monoisotopic (exact) mass is 224 g/mol. The number of carbonyl (C=O) groups is 2.